The van der Waals surface area contributed by atoms with Gasteiger partial charge in [0, 0.05) is 13.2 Å². The number of rotatable bonds is 7. The van der Waals surface area contributed by atoms with Gasteiger partial charge in [0.05, 0.1) is 11.9 Å². The molecule has 2 atom stereocenters. The van der Waals surface area contributed by atoms with Crippen molar-refractivity contribution in [2.75, 3.05) is 13.2 Å². The number of benzene rings is 1. The molecule has 1 fully saturated rings. The number of carboxylic acid groups (broad SMARTS) is 1. The molecule has 2 rings (SSSR count). The maximum Gasteiger partial charge on any atom is 0.325 e. The molecular formula is C21H32N2O6S. The molecule has 2 amide bonds. The van der Waals surface area contributed by atoms with E-state index in [0.29, 0.717) is 13.2 Å². The standard InChI is InChI=1S/C14H24N2O5S.C7H8O/c1-8(12(18)19)15-13(20)14(2,3)16-11(17)10(22)9-4-6-21-7-5-9;8-6-7-4-2-1-3-5-7/h8-10,22H,4-7H2,1-3H3,(H,15,20)(H,16,17)(H,18,19);1-5,8H,6H2/t8-,10?;/m0./s1. The van der Waals surface area contributed by atoms with Crippen LogP contribution in [0.1, 0.15) is 39.2 Å². The van der Waals surface area contributed by atoms with Crippen LogP contribution in [0.4, 0.5) is 0 Å². The van der Waals surface area contributed by atoms with Crippen molar-refractivity contribution in [2.45, 2.75) is 57.1 Å². The van der Waals surface area contributed by atoms with Gasteiger partial charge in [0.25, 0.3) is 0 Å². The van der Waals surface area contributed by atoms with E-state index in [2.05, 4.69) is 23.3 Å². The maximum absolute atomic E-state index is 12.3. The third-order valence-electron chi connectivity index (χ3n) is 4.73. The van der Waals surface area contributed by atoms with Gasteiger partial charge in [-0.15, -0.1) is 0 Å². The van der Waals surface area contributed by atoms with Gasteiger partial charge in [0.15, 0.2) is 0 Å². The van der Waals surface area contributed by atoms with Crippen molar-refractivity contribution in [3.63, 3.8) is 0 Å². The zero-order valence-corrected chi connectivity index (χ0v) is 18.5. The monoisotopic (exact) mass is 440 g/mol. The Morgan fingerprint density at radius 2 is 1.77 bits per heavy atom. The predicted octanol–water partition coefficient (Wildman–Crippen LogP) is 1.37. The first-order chi connectivity index (χ1) is 14.1. The molecule has 1 heterocycles. The summed E-state index contributed by atoms with van der Waals surface area (Å²) in [5.41, 5.74) is -0.250. The van der Waals surface area contributed by atoms with Crippen molar-refractivity contribution < 1.29 is 29.3 Å². The van der Waals surface area contributed by atoms with Gasteiger partial charge >= 0.3 is 5.97 Å². The number of ether oxygens (including phenoxy) is 1. The van der Waals surface area contributed by atoms with Crippen LogP contribution in [-0.2, 0) is 25.7 Å². The fourth-order valence-corrected chi connectivity index (χ4v) is 3.07. The van der Waals surface area contributed by atoms with Gasteiger partial charge in [-0.1, -0.05) is 30.3 Å². The molecule has 30 heavy (non-hydrogen) atoms. The molecule has 0 spiro atoms. The van der Waals surface area contributed by atoms with Crippen LogP contribution in [0.15, 0.2) is 30.3 Å². The molecule has 4 N–H and O–H groups in total. The molecule has 1 saturated heterocycles. The number of carbonyl (C=O) groups is 3. The molecule has 9 heteroatoms. The first-order valence-electron chi connectivity index (χ1n) is 9.85. The van der Waals surface area contributed by atoms with Crippen molar-refractivity contribution in [3.05, 3.63) is 35.9 Å². The number of hydrogen-bond acceptors (Lipinski definition) is 6. The third kappa shape index (κ3) is 8.73. The van der Waals surface area contributed by atoms with Gasteiger partial charge in [-0.2, -0.15) is 12.6 Å². The average Bonchev–Trinajstić information content (AvgIpc) is 2.74. The predicted molar refractivity (Wildman–Crippen MR) is 116 cm³/mol. The fourth-order valence-electron chi connectivity index (χ4n) is 2.71. The highest BCUT2D eigenvalue weighted by Gasteiger charge is 2.35. The lowest BCUT2D eigenvalue weighted by Crippen LogP contribution is -2.59. The Kier molecular flexibility index (Phi) is 10.9. The van der Waals surface area contributed by atoms with E-state index < -0.39 is 28.7 Å². The molecule has 0 aliphatic carbocycles. The lowest BCUT2D eigenvalue weighted by molar-refractivity contribution is -0.142. The first-order valence-corrected chi connectivity index (χ1v) is 10.4. The van der Waals surface area contributed by atoms with Crippen LogP contribution in [0, 0.1) is 5.92 Å². The van der Waals surface area contributed by atoms with Crippen molar-refractivity contribution in [3.8, 4) is 0 Å². The van der Waals surface area contributed by atoms with Crippen molar-refractivity contribution in [2.24, 2.45) is 5.92 Å². The minimum atomic E-state index is -1.22. The molecular weight excluding hydrogens is 408 g/mol. The van der Waals surface area contributed by atoms with Gasteiger partial charge in [-0.25, -0.2) is 0 Å². The zero-order valence-electron chi connectivity index (χ0n) is 17.6. The number of aliphatic carboxylic acids is 1. The zero-order chi connectivity index (χ0) is 22.7. The SMILES string of the molecule is C[C@H](NC(=O)C(C)(C)NC(=O)C(S)C1CCOCC1)C(=O)O.OCc1ccccc1. The highest BCUT2D eigenvalue weighted by atomic mass is 32.1. The molecule has 1 aromatic rings. The van der Waals surface area contributed by atoms with Crippen LogP contribution >= 0.6 is 12.6 Å². The Balaban J connectivity index is 0.000000467. The Labute approximate surface area is 182 Å². The highest BCUT2D eigenvalue weighted by molar-refractivity contribution is 7.81. The Morgan fingerprint density at radius 3 is 2.23 bits per heavy atom. The number of amides is 2. The number of thiol groups is 1. The smallest absolute Gasteiger partial charge is 0.325 e. The van der Waals surface area contributed by atoms with Gasteiger partial charge in [-0.05, 0) is 45.1 Å². The van der Waals surface area contributed by atoms with Crippen LogP contribution in [-0.4, -0.2) is 58.0 Å². The van der Waals surface area contributed by atoms with Crippen molar-refractivity contribution in [1.29, 1.82) is 0 Å². The Bertz CT molecular complexity index is 692. The summed E-state index contributed by atoms with van der Waals surface area (Å²) in [4.78, 5) is 35.1. The number of aliphatic hydroxyl groups excluding tert-OH is 1. The van der Waals surface area contributed by atoms with E-state index >= 15 is 0 Å². The molecule has 0 radical (unpaired) electrons. The van der Waals surface area contributed by atoms with Crippen LogP contribution in [0.5, 0.6) is 0 Å². The van der Waals surface area contributed by atoms with Gasteiger partial charge in [0.2, 0.25) is 11.8 Å². The summed E-state index contributed by atoms with van der Waals surface area (Å²) in [5, 5.41) is 21.8. The third-order valence-corrected chi connectivity index (χ3v) is 5.38. The fraction of sp³-hybridized carbons (Fsp3) is 0.571. The van der Waals surface area contributed by atoms with Crippen molar-refractivity contribution in [1.82, 2.24) is 10.6 Å². The lowest BCUT2D eigenvalue weighted by Gasteiger charge is -2.31. The molecule has 1 aliphatic heterocycles. The topological polar surface area (TPSA) is 125 Å². The minimum absolute atomic E-state index is 0.105. The molecule has 8 nitrogen and oxygen atoms in total. The van der Waals surface area contributed by atoms with E-state index in [4.69, 9.17) is 14.9 Å². The van der Waals surface area contributed by atoms with Crippen LogP contribution in [0.2, 0.25) is 0 Å². The highest BCUT2D eigenvalue weighted by Crippen LogP contribution is 2.23. The van der Waals surface area contributed by atoms with Gasteiger partial charge in [0.1, 0.15) is 11.6 Å². The normalized spacial score (nSPS) is 16.4. The summed E-state index contributed by atoms with van der Waals surface area (Å²) in [5.74, 6) is -1.92. The molecule has 1 aromatic carbocycles. The number of nitrogens with one attached hydrogen (secondary N) is 2. The van der Waals surface area contributed by atoms with E-state index in [-0.39, 0.29) is 18.4 Å². The van der Waals surface area contributed by atoms with Gasteiger partial charge in [-0.3, -0.25) is 14.4 Å². The molecule has 1 aliphatic rings. The molecule has 0 aromatic heterocycles. The first kappa shape index (κ1) is 25.9. The van der Waals surface area contributed by atoms with Crippen LogP contribution in [0.25, 0.3) is 0 Å². The minimum Gasteiger partial charge on any atom is -0.480 e. The van der Waals surface area contributed by atoms with Crippen molar-refractivity contribution >= 4 is 30.4 Å². The number of hydrogen-bond donors (Lipinski definition) is 5. The Hall–Kier alpha value is -2.10. The summed E-state index contributed by atoms with van der Waals surface area (Å²) < 4.78 is 5.25. The summed E-state index contributed by atoms with van der Waals surface area (Å²) in [6, 6.07) is 8.50. The number of carbonyl (C=O) groups excluding carboxylic acids is 2. The van der Waals surface area contributed by atoms with E-state index in [1.165, 1.54) is 20.8 Å². The average molecular weight is 441 g/mol. The summed E-state index contributed by atoms with van der Waals surface area (Å²) in [7, 11) is 0. The van der Waals surface area contributed by atoms with Gasteiger partial charge < -0.3 is 25.6 Å². The van der Waals surface area contributed by atoms with Crippen LogP contribution < -0.4 is 10.6 Å². The second kappa shape index (κ2) is 12.6. The number of aliphatic hydroxyl groups is 1. The van der Waals surface area contributed by atoms with E-state index in [0.717, 1.165) is 18.4 Å². The van der Waals surface area contributed by atoms with E-state index in [1.807, 2.05) is 30.3 Å². The summed E-state index contributed by atoms with van der Waals surface area (Å²) in [6.07, 6.45) is 1.51. The van der Waals surface area contributed by atoms with Crippen LogP contribution in [0.3, 0.4) is 0 Å². The Morgan fingerprint density at radius 1 is 1.20 bits per heavy atom. The van der Waals surface area contributed by atoms with E-state index in [1.54, 1.807) is 0 Å². The summed E-state index contributed by atoms with van der Waals surface area (Å²) in [6.45, 7) is 5.77. The van der Waals surface area contributed by atoms with E-state index in [9.17, 15) is 14.4 Å². The second-order valence-electron chi connectivity index (χ2n) is 7.69. The molecule has 1 unspecified atom stereocenters. The molecule has 0 saturated carbocycles. The largest absolute Gasteiger partial charge is 0.480 e. The molecule has 0 bridgehead atoms. The second-order valence-corrected chi connectivity index (χ2v) is 8.24. The molecule has 168 valence electrons. The maximum atomic E-state index is 12.3. The summed E-state index contributed by atoms with van der Waals surface area (Å²) >= 11 is 4.36. The number of carboxylic acids is 1. The lowest BCUT2D eigenvalue weighted by atomic mass is 9.94. The quantitative estimate of drug-likeness (QED) is 0.408.